The fourth-order valence-corrected chi connectivity index (χ4v) is 3.70. The summed E-state index contributed by atoms with van der Waals surface area (Å²) in [4.78, 5) is 23.9. The number of aromatic nitrogens is 4. The molecule has 3 aromatic heterocycles. The Morgan fingerprint density at radius 3 is 3.00 bits per heavy atom. The topological polar surface area (TPSA) is 106 Å². The first-order chi connectivity index (χ1) is 13.2. The molecule has 9 heteroatoms. The van der Waals surface area contributed by atoms with Crippen LogP contribution in [0.4, 0.5) is 0 Å². The third-order valence-corrected chi connectivity index (χ3v) is 5.20. The molecule has 27 heavy (non-hydrogen) atoms. The van der Waals surface area contributed by atoms with Crippen molar-refractivity contribution in [2.75, 3.05) is 6.61 Å². The summed E-state index contributed by atoms with van der Waals surface area (Å²) in [5.74, 6) is -0.219. The molecule has 1 aliphatic rings. The Balaban J connectivity index is 1.44. The molecule has 0 saturated heterocycles. The van der Waals surface area contributed by atoms with Crippen LogP contribution in [0.1, 0.15) is 43.3 Å². The van der Waals surface area contributed by atoms with Crippen molar-refractivity contribution in [1.82, 2.24) is 25.4 Å². The lowest BCUT2D eigenvalue weighted by molar-refractivity contribution is 0.0297. The number of nitrogens with zero attached hydrogens (tertiary/aromatic N) is 3. The Morgan fingerprint density at radius 1 is 1.41 bits per heavy atom. The highest BCUT2D eigenvalue weighted by Gasteiger charge is 2.25. The second kappa shape index (κ2) is 7.66. The molecule has 1 aliphatic carbocycles. The predicted molar refractivity (Wildman–Crippen MR) is 99.5 cm³/mol. The van der Waals surface area contributed by atoms with Crippen LogP contribution in [0.3, 0.4) is 0 Å². The summed E-state index contributed by atoms with van der Waals surface area (Å²) in [7, 11) is 0. The molecule has 1 fully saturated rings. The summed E-state index contributed by atoms with van der Waals surface area (Å²) in [5.41, 5.74) is 1.19. The fraction of sp³-hybridized carbons (Fsp3) is 0.444. The monoisotopic (exact) mass is 389 g/mol. The number of amides is 1. The molecular weight excluding hydrogens is 370 g/mol. The van der Waals surface area contributed by atoms with E-state index in [-0.39, 0.29) is 29.8 Å². The van der Waals surface area contributed by atoms with Crippen LogP contribution in [0.5, 0.6) is 0 Å². The summed E-state index contributed by atoms with van der Waals surface area (Å²) in [6, 6.07) is 1.91. The number of nitrogens with one attached hydrogen (secondary N) is 2. The molecule has 1 saturated carbocycles. The van der Waals surface area contributed by atoms with Gasteiger partial charge in [-0.15, -0.1) is 0 Å². The van der Waals surface area contributed by atoms with Gasteiger partial charge in [-0.2, -0.15) is 4.98 Å². The van der Waals surface area contributed by atoms with Gasteiger partial charge < -0.3 is 19.6 Å². The summed E-state index contributed by atoms with van der Waals surface area (Å²) < 4.78 is 10.8. The highest BCUT2D eigenvalue weighted by Crippen LogP contribution is 2.31. The molecule has 0 spiro atoms. The Bertz CT molecular complexity index is 946. The number of hydrogen-bond donors (Lipinski definition) is 2. The lowest BCUT2D eigenvalue weighted by Gasteiger charge is -2.28. The second-order valence-electron chi connectivity index (χ2n) is 6.55. The van der Waals surface area contributed by atoms with Gasteiger partial charge >= 0.3 is 11.8 Å². The number of pyridine rings is 1. The third-order valence-electron chi connectivity index (χ3n) is 4.79. The number of hydrogen-bond acceptors (Lipinski definition) is 6. The maximum atomic E-state index is 12.4. The summed E-state index contributed by atoms with van der Waals surface area (Å²) >= 11 is 6.41. The van der Waals surface area contributed by atoms with E-state index >= 15 is 0 Å². The maximum Gasteiger partial charge on any atom is 0.316 e. The molecule has 4 rings (SSSR count). The minimum Gasteiger partial charge on any atom is -0.379 e. The van der Waals surface area contributed by atoms with Gasteiger partial charge in [0.1, 0.15) is 5.65 Å². The van der Waals surface area contributed by atoms with Crippen LogP contribution in [0.25, 0.3) is 22.4 Å². The SMILES string of the molecule is CCOC1CCC(NC(=O)c2nc(-c3cnc4[nH]ccc4c3Cl)no2)CC1. The molecule has 0 atom stereocenters. The number of rotatable bonds is 5. The lowest BCUT2D eigenvalue weighted by atomic mass is 9.93. The van der Waals surface area contributed by atoms with Crippen LogP contribution in [-0.4, -0.2) is 44.8 Å². The highest BCUT2D eigenvalue weighted by molar-refractivity contribution is 6.37. The van der Waals surface area contributed by atoms with E-state index in [9.17, 15) is 4.79 Å². The first-order valence-electron chi connectivity index (χ1n) is 9.03. The van der Waals surface area contributed by atoms with E-state index in [2.05, 4.69) is 25.4 Å². The zero-order valence-electron chi connectivity index (χ0n) is 14.9. The van der Waals surface area contributed by atoms with E-state index in [1.165, 1.54) is 0 Å². The van der Waals surface area contributed by atoms with Gasteiger partial charge in [-0.3, -0.25) is 4.79 Å². The number of aromatic amines is 1. The molecule has 8 nitrogen and oxygen atoms in total. The summed E-state index contributed by atoms with van der Waals surface area (Å²) in [6.45, 7) is 2.72. The molecule has 2 N–H and O–H groups in total. The molecule has 0 radical (unpaired) electrons. The van der Waals surface area contributed by atoms with E-state index < -0.39 is 0 Å². The van der Waals surface area contributed by atoms with E-state index in [0.717, 1.165) is 37.7 Å². The van der Waals surface area contributed by atoms with Crippen molar-refractivity contribution in [3.05, 3.63) is 29.4 Å². The van der Waals surface area contributed by atoms with Gasteiger partial charge in [0.25, 0.3) is 0 Å². The third kappa shape index (κ3) is 3.68. The Morgan fingerprint density at radius 2 is 2.22 bits per heavy atom. The van der Waals surface area contributed by atoms with Crippen LogP contribution < -0.4 is 5.32 Å². The predicted octanol–water partition coefficient (Wildman–Crippen LogP) is 3.34. The average Bonchev–Trinajstić information content (AvgIpc) is 3.33. The van der Waals surface area contributed by atoms with Gasteiger partial charge in [-0.1, -0.05) is 16.8 Å². The summed E-state index contributed by atoms with van der Waals surface area (Å²) in [5, 5.41) is 8.07. The van der Waals surface area contributed by atoms with Crippen molar-refractivity contribution in [1.29, 1.82) is 0 Å². The van der Waals surface area contributed by atoms with Gasteiger partial charge in [-0.25, -0.2) is 4.98 Å². The molecule has 0 aliphatic heterocycles. The molecule has 1 amide bonds. The number of carbonyl (C=O) groups is 1. The van der Waals surface area contributed by atoms with Crippen LogP contribution in [0.2, 0.25) is 5.02 Å². The zero-order chi connectivity index (χ0) is 18.8. The Labute approximate surface area is 160 Å². The van der Waals surface area contributed by atoms with Gasteiger partial charge in [0, 0.05) is 30.4 Å². The van der Waals surface area contributed by atoms with Gasteiger partial charge in [0.15, 0.2) is 0 Å². The van der Waals surface area contributed by atoms with Crippen LogP contribution in [-0.2, 0) is 4.74 Å². The number of fused-ring (bicyclic) bond motifs is 1. The molecule has 0 aromatic carbocycles. The number of halogens is 1. The molecule has 3 aromatic rings. The van der Waals surface area contributed by atoms with Crippen molar-refractivity contribution in [3.8, 4) is 11.4 Å². The smallest absolute Gasteiger partial charge is 0.316 e. The second-order valence-corrected chi connectivity index (χ2v) is 6.93. The highest BCUT2D eigenvalue weighted by atomic mass is 35.5. The van der Waals surface area contributed by atoms with Crippen LogP contribution in [0, 0.1) is 0 Å². The quantitative estimate of drug-likeness (QED) is 0.693. The number of carbonyl (C=O) groups excluding carboxylic acids is 1. The Hall–Kier alpha value is -2.45. The van der Waals surface area contributed by atoms with Crippen LogP contribution in [0.15, 0.2) is 23.0 Å². The fourth-order valence-electron chi connectivity index (χ4n) is 3.41. The molecule has 0 unspecified atom stereocenters. The first kappa shape index (κ1) is 17.9. The van der Waals surface area contributed by atoms with Crippen molar-refractivity contribution in [2.24, 2.45) is 0 Å². The van der Waals surface area contributed by atoms with Crippen molar-refractivity contribution in [2.45, 2.75) is 44.8 Å². The van der Waals surface area contributed by atoms with Crippen LogP contribution >= 0.6 is 11.6 Å². The van der Waals surface area contributed by atoms with E-state index in [4.69, 9.17) is 20.9 Å². The molecule has 3 heterocycles. The maximum absolute atomic E-state index is 12.4. The molecule has 142 valence electrons. The lowest BCUT2D eigenvalue weighted by Crippen LogP contribution is -2.39. The summed E-state index contributed by atoms with van der Waals surface area (Å²) in [6.07, 6.45) is 7.22. The van der Waals surface area contributed by atoms with Crippen molar-refractivity contribution in [3.63, 3.8) is 0 Å². The zero-order valence-corrected chi connectivity index (χ0v) is 15.6. The largest absolute Gasteiger partial charge is 0.379 e. The standard InChI is InChI=1S/C18H20ClN5O3/c1-2-26-11-5-3-10(4-6-11)22-17(25)18-23-16(24-27-18)13-9-21-15-12(14(13)19)7-8-20-15/h7-11H,2-6H2,1H3,(H,20,21)(H,22,25). The van der Waals surface area contributed by atoms with E-state index in [1.54, 1.807) is 12.4 Å². The number of H-pyrrole nitrogens is 1. The minimum absolute atomic E-state index is 0.0813. The van der Waals surface area contributed by atoms with Crippen molar-refractivity contribution < 1.29 is 14.1 Å². The Kier molecular flexibility index (Phi) is 5.09. The average molecular weight is 390 g/mol. The van der Waals surface area contributed by atoms with Gasteiger partial charge in [0.2, 0.25) is 5.82 Å². The molecule has 0 bridgehead atoms. The minimum atomic E-state index is -0.375. The molecular formula is C18H20ClN5O3. The van der Waals surface area contributed by atoms with E-state index in [1.807, 2.05) is 13.0 Å². The van der Waals surface area contributed by atoms with Gasteiger partial charge in [0.05, 0.1) is 16.7 Å². The van der Waals surface area contributed by atoms with Crippen molar-refractivity contribution >= 4 is 28.5 Å². The normalized spacial score (nSPS) is 20.1. The van der Waals surface area contributed by atoms with Gasteiger partial charge in [-0.05, 0) is 38.7 Å². The first-order valence-corrected chi connectivity index (χ1v) is 9.41. The number of ether oxygens (including phenoxy) is 1. The van der Waals surface area contributed by atoms with E-state index in [0.29, 0.717) is 16.2 Å².